The van der Waals surface area contributed by atoms with Crippen LogP contribution >= 0.6 is 0 Å². The largest absolute Gasteiger partial charge is 0.416 e. The second-order valence-electron chi connectivity index (χ2n) is 6.36. The third-order valence-electron chi connectivity index (χ3n) is 4.25. The maximum atomic E-state index is 12.5. The minimum Gasteiger partial charge on any atom is -0.166 e. The molecule has 0 aliphatic rings. The molecule has 0 aliphatic carbocycles. The first-order valence-electron chi connectivity index (χ1n) is 8.06. The minimum absolute atomic E-state index is 0.554. The molecule has 0 amide bonds. The van der Waals surface area contributed by atoms with E-state index >= 15 is 0 Å². The zero-order chi connectivity index (χ0) is 16.9. The Labute approximate surface area is 136 Å². The highest BCUT2D eigenvalue weighted by Gasteiger charge is 2.29. The van der Waals surface area contributed by atoms with Gasteiger partial charge in [0.1, 0.15) is 0 Å². The van der Waals surface area contributed by atoms with E-state index in [1.54, 1.807) is 12.1 Å². The zero-order valence-corrected chi connectivity index (χ0v) is 13.7. The normalized spacial score (nSPS) is 13.1. The number of halogens is 3. The second-order valence-corrected chi connectivity index (χ2v) is 6.36. The number of hydrogen-bond donors (Lipinski definition) is 0. The van der Waals surface area contributed by atoms with Gasteiger partial charge in [-0.1, -0.05) is 48.9 Å². The summed E-state index contributed by atoms with van der Waals surface area (Å²) >= 11 is 0. The van der Waals surface area contributed by atoms with Gasteiger partial charge in [0.25, 0.3) is 0 Å². The monoisotopic (exact) mass is 320 g/mol. The first-order valence-corrected chi connectivity index (χ1v) is 8.06. The van der Waals surface area contributed by atoms with Crippen molar-refractivity contribution < 1.29 is 13.2 Å². The summed E-state index contributed by atoms with van der Waals surface area (Å²) < 4.78 is 37.6. The van der Waals surface area contributed by atoms with Crippen LogP contribution in [0.5, 0.6) is 0 Å². The summed E-state index contributed by atoms with van der Waals surface area (Å²) in [5.41, 5.74) is 3.01. The molecule has 0 bridgehead atoms. The quantitative estimate of drug-likeness (QED) is 0.593. The van der Waals surface area contributed by atoms with E-state index in [2.05, 4.69) is 38.1 Å². The Balaban J connectivity index is 1.77. The van der Waals surface area contributed by atoms with Crippen LogP contribution in [0.15, 0.2) is 48.5 Å². The van der Waals surface area contributed by atoms with E-state index in [9.17, 15) is 13.2 Å². The van der Waals surface area contributed by atoms with Crippen LogP contribution < -0.4 is 0 Å². The summed E-state index contributed by atoms with van der Waals surface area (Å²) in [5.74, 6) is 0.554. The van der Waals surface area contributed by atoms with Crippen LogP contribution in [0, 0.1) is 12.8 Å². The first-order chi connectivity index (χ1) is 10.8. The molecule has 2 aromatic rings. The molecular weight excluding hydrogens is 297 g/mol. The van der Waals surface area contributed by atoms with Gasteiger partial charge < -0.3 is 0 Å². The van der Waals surface area contributed by atoms with Crippen LogP contribution in [0.4, 0.5) is 13.2 Å². The average molecular weight is 320 g/mol. The molecular formula is C20H23F3. The molecule has 0 heterocycles. The Hall–Kier alpha value is -1.77. The van der Waals surface area contributed by atoms with E-state index < -0.39 is 11.7 Å². The molecule has 0 N–H and O–H groups in total. The van der Waals surface area contributed by atoms with E-state index in [0.29, 0.717) is 5.92 Å². The lowest BCUT2D eigenvalue weighted by molar-refractivity contribution is -0.137. The molecule has 0 fully saturated rings. The van der Waals surface area contributed by atoms with Gasteiger partial charge in [-0.05, 0) is 61.8 Å². The standard InChI is InChI=1S/C20H23F3/c1-15-3-7-17(8-4-15)9-5-16(2)6-10-18-11-13-19(14-12-18)20(21,22)23/h3-4,7-8,11-14,16H,5-6,9-10H2,1-2H3/t16-/m1/s1. The highest BCUT2D eigenvalue weighted by molar-refractivity contribution is 5.24. The molecule has 124 valence electrons. The SMILES string of the molecule is Cc1ccc(CC[C@@H](C)CCc2ccc(C(F)(F)F)cc2)cc1. The highest BCUT2D eigenvalue weighted by Crippen LogP contribution is 2.29. The molecule has 0 saturated carbocycles. The van der Waals surface area contributed by atoms with Crippen molar-refractivity contribution >= 4 is 0 Å². The molecule has 0 spiro atoms. The fourth-order valence-electron chi connectivity index (χ4n) is 2.59. The highest BCUT2D eigenvalue weighted by atomic mass is 19.4. The molecule has 0 saturated heterocycles. The van der Waals surface area contributed by atoms with Crippen LogP contribution in [-0.4, -0.2) is 0 Å². The summed E-state index contributed by atoms with van der Waals surface area (Å²) in [7, 11) is 0. The Kier molecular flexibility index (Phi) is 5.86. The summed E-state index contributed by atoms with van der Waals surface area (Å²) in [5, 5.41) is 0. The van der Waals surface area contributed by atoms with Gasteiger partial charge in [-0.15, -0.1) is 0 Å². The van der Waals surface area contributed by atoms with Crippen LogP contribution in [0.1, 0.15) is 42.0 Å². The Morgan fingerprint density at radius 1 is 0.783 bits per heavy atom. The van der Waals surface area contributed by atoms with Crippen molar-refractivity contribution in [2.45, 2.75) is 45.7 Å². The van der Waals surface area contributed by atoms with Crippen molar-refractivity contribution in [3.63, 3.8) is 0 Å². The van der Waals surface area contributed by atoms with Crippen molar-refractivity contribution in [3.05, 3.63) is 70.8 Å². The van der Waals surface area contributed by atoms with Gasteiger partial charge >= 0.3 is 6.18 Å². The fourth-order valence-corrected chi connectivity index (χ4v) is 2.59. The predicted molar refractivity (Wildman–Crippen MR) is 88.4 cm³/mol. The molecule has 0 nitrogen and oxygen atoms in total. The van der Waals surface area contributed by atoms with E-state index in [0.717, 1.165) is 31.2 Å². The van der Waals surface area contributed by atoms with Gasteiger partial charge in [0.15, 0.2) is 0 Å². The molecule has 23 heavy (non-hydrogen) atoms. The summed E-state index contributed by atoms with van der Waals surface area (Å²) in [6, 6.07) is 14.1. The Morgan fingerprint density at radius 3 is 1.65 bits per heavy atom. The number of alkyl halides is 3. The lowest BCUT2D eigenvalue weighted by Crippen LogP contribution is -2.05. The van der Waals surface area contributed by atoms with Crippen LogP contribution in [0.2, 0.25) is 0 Å². The molecule has 3 heteroatoms. The molecule has 1 atom stereocenters. The molecule has 0 aromatic heterocycles. The Morgan fingerprint density at radius 2 is 1.22 bits per heavy atom. The fraction of sp³-hybridized carbons (Fsp3) is 0.400. The van der Waals surface area contributed by atoms with Gasteiger partial charge in [-0.3, -0.25) is 0 Å². The molecule has 2 aromatic carbocycles. The first kappa shape index (κ1) is 17.6. The van der Waals surface area contributed by atoms with Crippen molar-refractivity contribution in [1.29, 1.82) is 0 Å². The van der Waals surface area contributed by atoms with Crippen molar-refractivity contribution in [2.24, 2.45) is 5.92 Å². The van der Waals surface area contributed by atoms with E-state index in [1.165, 1.54) is 23.3 Å². The lowest BCUT2D eigenvalue weighted by Gasteiger charge is -2.12. The summed E-state index contributed by atoms with van der Waals surface area (Å²) in [4.78, 5) is 0. The minimum atomic E-state index is -4.25. The maximum Gasteiger partial charge on any atom is 0.416 e. The number of aryl methyl sites for hydroxylation is 3. The zero-order valence-electron chi connectivity index (χ0n) is 13.7. The van der Waals surface area contributed by atoms with Gasteiger partial charge in [0, 0.05) is 0 Å². The van der Waals surface area contributed by atoms with E-state index in [-0.39, 0.29) is 0 Å². The van der Waals surface area contributed by atoms with E-state index in [4.69, 9.17) is 0 Å². The summed E-state index contributed by atoms with van der Waals surface area (Å²) in [6.07, 6.45) is -0.275. The van der Waals surface area contributed by atoms with Crippen molar-refractivity contribution in [3.8, 4) is 0 Å². The second kappa shape index (κ2) is 7.67. The predicted octanol–water partition coefficient (Wildman–Crippen LogP) is 6.22. The molecule has 0 aliphatic heterocycles. The third kappa shape index (κ3) is 5.74. The van der Waals surface area contributed by atoms with E-state index in [1.807, 2.05) is 0 Å². The third-order valence-corrected chi connectivity index (χ3v) is 4.25. The maximum absolute atomic E-state index is 12.5. The number of benzene rings is 2. The smallest absolute Gasteiger partial charge is 0.166 e. The summed E-state index contributed by atoms with van der Waals surface area (Å²) in [6.45, 7) is 4.29. The van der Waals surface area contributed by atoms with Crippen LogP contribution in [0.25, 0.3) is 0 Å². The molecule has 0 unspecified atom stereocenters. The Bertz CT molecular complexity index is 594. The molecule has 0 radical (unpaired) electrons. The average Bonchev–Trinajstić information content (AvgIpc) is 2.52. The van der Waals surface area contributed by atoms with Gasteiger partial charge in [0.2, 0.25) is 0 Å². The van der Waals surface area contributed by atoms with Crippen molar-refractivity contribution in [1.82, 2.24) is 0 Å². The van der Waals surface area contributed by atoms with Crippen LogP contribution in [0.3, 0.4) is 0 Å². The molecule has 2 rings (SSSR count). The number of rotatable bonds is 6. The van der Waals surface area contributed by atoms with Gasteiger partial charge in [0.05, 0.1) is 5.56 Å². The van der Waals surface area contributed by atoms with Gasteiger partial charge in [-0.25, -0.2) is 0 Å². The lowest BCUT2D eigenvalue weighted by atomic mass is 9.94. The van der Waals surface area contributed by atoms with Crippen LogP contribution in [-0.2, 0) is 19.0 Å². The number of hydrogen-bond acceptors (Lipinski definition) is 0. The van der Waals surface area contributed by atoms with Gasteiger partial charge in [-0.2, -0.15) is 13.2 Å². The topological polar surface area (TPSA) is 0 Å². The van der Waals surface area contributed by atoms with Crippen molar-refractivity contribution in [2.75, 3.05) is 0 Å².